The van der Waals surface area contributed by atoms with E-state index in [1.165, 1.54) is 6.42 Å². The highest BCUT2D eigenvalue weighted by Gasteiger charge is 2.30. The highest BCUT2D eigenvalue weighted by molar-refractivity contribution is 9.08. The molecule has 0 bridgehead atoms. The third-order valence-electron chi connectivity index (χ3n) is 5.38. The molecule has 0 aliphatic heterocycles. The molecule has 32 heavy (non-hydrogen) atoms. The van der Waals surface area contributed by atoms with Gasteiger partial charge >= 0.3 is 12.2 Å². The maximum atomic E-state index is 13.2. The number of alkyl halides is 1. The number of nitrogens with zero attached hydrogens (tertiary/aromatic N) is 2. The lowest BCUT2D eigenvalue weighted by atomic mass is 9.85. The first-order valence-electron chi connectivity index (χ1n) is 11.3. The summed E-state index contributed by atoms with van der Waals surface area (Å²) in [7, 11) is 0. The summed E-state index contributed by atoms with van der Waals surface area (Å²) in [6.07, 6.45) is 2.63. The van der Waals surface area contributed by atoms with E-state index in [1.54, 1.807) is 9.47 Å². The summed E-state index contributed by atoms with van der Waals surface area (Å²) in [6.45, 7) is 12.1. The number of hydrogen-bond donors (Lipinski definition) is 0. The molecule has 0 N–H and O–H groups in total. The number of carbonyl (C=O) groups excluding carboxylic acids is 2. The van der Waals surface area contributed by atoms with Gasteiger partial charge in [0.1, 0.15) is 11.2 Å². The topological polar surface area (TPSA) is 60.8 Å². The number of fused-ring (bicyclic) bond motifs is 1. The van der Waals surface area contributed by atoms with E-state index in [2.05, 4.69) is 15.9 Å². The molecule has 0 atom stereocenters. The zero-order valence-corrected chi connectivity index (χ0v) is 21.6. The van der Waals surface area contributed by atoms with Crippen LogP contribution in [0.5, 0.6) is 0 Å². The molecule has 1 heterocycles. The van der Waals surface area contributed by atoms with Crippen LogP contribution in [-0.4, -0.2) is 39.4 Å². The largest absolute Gasteiger partial charge is 0.444 e. The quantitative estimate of drug-likeness (QED) is 0.415. The number of aromatic nitrogens is 1. The number of rotatable bonds is 5. The molecule has 1 amide bonds. The summed E-state index contributed by atoms with van der Waals surface area (Å²) < 4.78 is 13.0. The van der Waals surface area contributed by atoms with E-state index >= 15 is 0 Å². The van der Waals surface area contributed by atoms with Gasteiger partial charge in [-0.2, -0.15) is 0 Å². The Morgan fingerprint density at radius 2 is 1.72 bits per heavy atom. The summed E-state index contributed by atoms with van der Waals surface area (Å²) in [5.41, 5.74) is 1.34. The molecule has 1 aliphatic rings. The van der Waals surface area contributed by atoms with Crippen molar-refractivity contribution in [3.63, 3.8) is 0 Å². The number of amides is 1. The van der Waals surface area contributed by atoms with Crippen LogP contribution in [0, 0.1) is 5.92 Å². The second-order valence-corrected chi connectivity index (χ2v) is 11.2. The normalized spacial score (nSPS) is 14.8. The highest BCUT2D eigenvalue weighted by Crippen LogP contribution is 2.30. The molecule has 1 aromatic heterocycles. The molecule has 0 unspecified atom stereocenters. The molecular formula is C25H35BrN2O4. The molecule has 0 saturated heterocycles. The van der Waals surface area contributed by atoms with Crippen molar-refractivity contribution in [3.05, 3.63) is 35.5 Å². The molecule has 6 nitrogen and oxygen atoms in total. The van der Waals surface area contributed by atoms with E-state index in [4.69, 9.17) is 9.47 Å². The van der Waals surface area contributed by atoms with Crippen molar-refractivity contribution >= 4 is 39.0 Å². The Balaban J connectivity index is 2.00. The standard InChI is InChI=1S/C25H35BrN2O4/c1-24(2,3)31-22(29)27(15-17-8-7-9-17)16-20-13-19-11-10-18(14-26)12-21(19)28(20)23(30)32-25(4,5)6/h10-13,17H,7-9,14-16H2,1-6H3. The minimum absolute atomic E-state index is 0.281. The van der Waals surface area contributed by atoms with Crippen molar-refractivity contribution in [2.45, 2.75) is 83.9 Å². The number of ether oxygens (including phenoxy) is 2. The fourth-order valence-corrected chi connectivity index (χ4v) is 4.09. The maximum absolute atomic E-state index is 13.2. The van der Waals surface area contributed by atoms with Crippen molar-refractivity contribution in [3.8, 4) is 0 Å². The van der Waals surface area contributed by atoms with Gasteiger partial charge < -0.3 is 14.4 Å². The fourth-order valence-electron chi connectivity index (χ4n) is 3.74. The van der Waals surface area contributed by atoms with Gasteiger partial charge in [0.05, 0.1) is 12.1 Å². The molecule has 2 aromatic rings. The van der Waals surface area contributed by atoms with E-state index in [1.807, 2.05) is 65.8 Å². The average Bonchev–Trinajstić information content (AvgIpc) is 2.97. The third kappa shape index (κ3) is 6.27. The average molecular weight is 507 g/mol. The Labute approximate surface area is 199 Å². The van der Waals surface area contributed by atoms with Crippen LogP contribution >= 0.6 is 15.9 Å². The van der Waals surface area contributed by atoms with Crippen LogP contribution in [0.4, 0.5) is 9.59 Å². The summed E-state index contributed by atoms with van der Waals surface area (Å²) >= 11 is 3.49. The lowest BCUT2D eigenvalue weighted by Gasteiger charge is -2.33. The van der Waals surface area contributed by atoms with Crippen molar-refractivity contribution < 1.29 is 19.1 Å². The van der Waals surface area contributed by atoms with Gasteiger partial charge in [0.25, 0.3) is 0 Å². The number of carbonyl (C=O) groups is 2. The second-order valence-electron chi connectivity index (χ2n) is 10.6. The van der Waals surface area contributed by atoms with Crippen LogP contribution in [0.1, 0.15) is 72.1 Å². The highest BCUT2D eigenvalue weighted by atomic mass is 79.9. The van der Waals surface area contributed by atoms with Crippen LogP contribution in [0.2, 0.25) is 0 Å². The van der Waals surface area contributed by atoms with Crippen molar-refractivity contribution in [2.75, 3.05) is 6.54 Å². The summed E-state index contributed by atoms with van der Waals surface area (Å²) in [5.74, 6) is 0.474. The first-order chi connectivity index (χ1) is 14.9. The van der Waals surface area contributed by atoms with Crippen molar-refractivity contribution in [1.82, 2.24) is 9.47 Å². The monoisotopic (exact) mass is 506 g/mol. The molecule has 1 saturated carbocycles. The Bertz CT molecular complexity index is 980. The Hall–Kier alpha value is -2.02. The van der Waals surface area contributed by atoms with Crippen molar-refractivity contribution in [2.24, 2.45) is 5.92 Å². The van der Waals surface area contributed by atoms with Crippen LogP contribution < -0.4 is 0 Å². The number of hydrogen-bond acceptors (Lipinski definition) is 4. The third-order valence-corrected chi connectivity index (χ3v) is 6.03. The predicted molar refractivity (Wildman–Crippen MR) is 130 cm³/mol. The zero-order valence-electron chi connectivity index (χ0n) is 20.0. The fraction of sp³-hybridized carbons (Fsp3) is 0.600. The molecular weight excluding hydrogens is 472 g/mol. The molecule has 7 heteroatoms. The van der Waals surface area contributed by atoms with Crippen LogP contribution in [-0.2, 0) is 21.3 Å². The van der Waals surface area contributed by atoms with Gasteiger partial charge in [0, 0.05) is 23.0 Å². The van der Waals surface area contributed by atoms with Crippen LogP contribution in [0.15, 0.2) is 24.3 Å². The Kier molecular flexibility index (Phi) is 7.28. The van der Waals surface area contributed by atoms with E-state index in [0.29, 0.717) is 23.5 Å². The Morgan fingerprint density at radius 3 is 2.25 bits per heavy atom. The SMILES string of the molecule is CC(C)(C)OC(=O)N(Cc1cc2ccc(CBr)cc2n1C(=O)OC(C)(C)C)CC1CCC1. The van der Waals surface area contributed by atoms with Gasteiger partial charge in [0.15, 0.2) is 0 Å². The smallest absolute Gasteiger partial charge is 0.419 e. The molecule has 1 fully saturated rings. The second kappa shape index (κ2) is 9.46. The summed E-state index contributed by atoms with van der Waals surface area (Å²) in [4.78, 5) is 28.0. The van der Waals surface area contributed by atoms with E-state index in [9.17, 15) is 9.59 Å². The van der Waals surface area contributed by atoms with Gasteiger partial charge in [0.2, 0.25) is 0 Å². The van der Waals surface area contributed by atoms with Crippen molar-refractivity contribution in [1.29, 1.82) is 0 Å². The molecule has 1 aliphatic carbocycles. The first-order valence-corrected chi connectivity index (χ1v) is 12.4. The molecule has 176 valence electrons. The number of benzene rings is 1. The van der Waals surface area contributed by atoms with E-state index in [-0.39, 0.29) is 12.6 Å². The molecule has 0 radical (unpaired) electrons. The minimum atomic E-state index is -0.630. The van der Waals surface area contributed by atoms with E-state index < -0.39 is 17.3 Å². The lowest BCUT2D eigenvalue weighted by molar-refractivity contribution is 0.0163. The van der Waals surface area contributed by atoms with Gasteiger partial charge in [-0.05, 0) is 78.0 Å². The minimum Gasteiger partial charge on any atom is -0.444 e. The van der Waals surface area contributed by atoms with Gasteiger partial charge in [-0.3, -0.25) is 0 Å². The predicted octanol–water partition coefficient (Wildman–Crippen LogP) is 6.86. The zero-order chi connectivity index (χ0) is 23.7. The van der Waals surface area contributed by atoms with Gasteiger partial charge in [-0.15, -0.1) is 0 Å². The van der Waals surface area contributed by atoms with Gasteiger partial charge in [-0.25, -0.2) is 14.2 Å². The summed E-state index contributed by atoms with van der Waals surface area (Å²) in [5, 5.41) is 1.62. The van der Waals surface area contributed by atoms with E-state index in [0.717, 1.165) is 29.3 Å². The molecule has 1 aromatic carbocycles. The Morgan fingerprint density at radius 1 is 1.06 bits per heavy atom. The van der Waals surface area contributed by atoms with Crippen LogP contribution in [0.3, 0.4) is 0 Å². The lowest BCUT2D eigenvalue weighted by Crippen LogP contribution is -2.41. The first kappa shape index (κ1) is 24.6. The van der Waals surface area contributed by atoms with Gasteiger partial charge in [-0.1, -0.05) is 34.5 Å². The summed E-state index contributed by atoms with van der Waals surface area (Å²) in [6, 6.07) is 7.98. The maximum Gasteiger partial charge on any atom is 0.419 e. The molecule has 3 rings (SSSR count). The number of halogens is 1. The van der Waals surface area contributed by atoms with Crippen LogP contribution in [0.25, 0.3) is 10.9 Å². The molecule has 0 spiro atoms.